The first-order valence-electron chi connectivity index (χ1n) is 16.2. The number of aliphatic hydroxyl groups is 3. The number of carbonyl (C=O) groups is 1. The number of carbonyl (C=O) groups excluding carboxylic acids is 1. The summed E-state index contributed by atoms with van der Waals surface area (Å²) in [6.45, 7) is 4.77. The summed E-state index contributed by atoms with van der Waals surface area (Å²) in [5.74, 6) is 7.39. The summed E-state index contributed by atoms with van der Waals surface area (Å²) >= 11 is 0. The maximum absolute atomic E-state index is 12.9. The molecule has 0 saturated heterocycles. The van der Waals surface area contributed by atoms with E-state index >= 15 is 0 Å². The topological polar surface area (TPSA) is 188 Å². The van der Waals surface area contributed by atoms with E-state index in [9.17, 15) is 25.2 Å². The molecule has 4 rings (SSSR count). The number of ketones is 1. The number of Topliss-reactive ketones (excluding diaryl/α,β-unsaturated/α-hetero) is 1. The second kappa shape index (κ2) is 17.2. The lowest BCUT2D eigenvalue weighted by Crippen LogP contribution is -2.38. The fraction of sp³-hybridized carbons (Fsp3) is 0.543. The molecule has 12 nitrogen and oxygen atoms in total. The van der Waals surface area contributed by atoms with Gasteiger partial charge in [-0.2, -0.15) is 0 Å². The molecule has 0 unspecified atom stereocenters. The largest absolute Gasteiger partial charge is 0.504 e. The standard InChI is InChI=1S/C35H48N4O8/c1-21(2)18-39-35(36)38-14-13-25-16-29-23-8-11-27(42)17-26(41)10-7-22-9-12-30(43)32(46-20-40)28(22)6-4-5-24(15-23)31(45-19-37-3)33(29)47-34(25)44/h9,12,15,21,25,27,34,37,40,42-44H,5,7-8,10-11,13-14,16-20H2,1-3H3,(H3,36,38,39)/t25-,27+,34-/m0/s1. The highest BCUT2D eigenvalue weighted by Gasteiger charge is 2.33. The van der Waals surface area contributed by atoms with Crippen molar-refractivity contribution in [3.05, 3.63) is 46.0 Å². The minimum absolute atomic E-state index is 0.000791. The number of fused-ring (bicyclic) bond motifs is 5. The number of aryl methyl sites for hydroxylation is 2. The predicted molar refractivity (Wildman–Crippen MR) is 177 cm³/mol. The van der Waals surface area contributed by atoms with E-state index in [-0.39, 0.29) is 49.2 Å². The van der Waals surface area contributed by atoms with Crippen LogP contribution in [-0.2, 0) is 30.5 Å². The van der Waals surface area contributed by atoms with Crippen molar-refractivity contribution in [1.29, 1.82) is 0 Å². The van der Waals surface area contributed by atoms with Gasteiger partial charge in [0.15, 0.2) is 35.8 Å². The van der Waals surface area contributed by atoms with E-state index in [0.29, 0.717) is 79.7 Å². The van der Waals surface area contributed by atoms with Crippen LogP contribution in [0.3, 0.4) is 0 Å². The van der Waals surface area contributed by atoms with E-state index in [0.717, 1.165) is 16.7 Å². The molecule has 1 heterocycles. The first-order valence-corrected chi connectivity index (χ1v) is 16.2. The van der Waals surface area contributed by atoms with Gasteiger partial charge in [0.05, 0.1) is 11.7 Å². The Bertz CT molecular complexity index is 1480. The minimum atomic E-state index is -1.10. The van der Waals surface area contributed by atoms with Gasteiger partial charge in [-0.15, -0.1) is 0 Å². The van der Waals surface area contributed by atoms with Crippen molar-refractivity contribution in [3.8, 4) is 34.8 Å². The lowest BCUT2D eigenvalue weighted by molar-refractivity contribution is -0.121. The Morgan fingerprint density at radius 3 is 2.68 bits per heavy atom. The molecule has 0 fully saturated rings. The van der Waals surface area contributed by atoms with Crippen LogP contribution in [0, 0.1) is 23.7 Å². The van der Waals surface area contributed by atoms with E-state index in [1.807, 2.05) is 6.07 Å². The number of nitrogens with two attached hydrogens (primary N) is 1. The van der Waals surface area contributed by atoms with Gasteiger partial charge in [-0.3, -0.25) is 15.1 Å². The minimum Gasteiger partial charge on any atom is -0.504 e. The Balaban J connectivity index is 1.72. The SMILES string of the molecule is CNCOc1c2cc(c3c1O[C@H](O)[C@@H](CCNC(N)=NCC(C)C)C3)CC[C@@H](O)CC(=O)CCc1ccc(O)c(OCO)c1C#CC2. The molecule has 12 heteroatoms. The van der Waals surface area contributed by atoms with Crippen molar-refractivity contribution in [1.82, 2.24) is 10.6 Å². The third-order valence-corrected chi connectivity index (χ3v) is 8.23. The summed E-state index contributed by atoms with van der Waals surface area (Å²) in [7, 11) is 1.76. The second-order valence-electron chi connectivity index (χ2n) is 12.4. The molecule has 2 bridgehead atoms. The van der Waals surface area contributed by atoms with Crippen LogP contribution in [0.25, 0.3) is 0 Å². The van der Waals surface area contributed by atoms with Gasteiger partial charge in [-0.1, -0.05) is 37.8 Å². The molecule has 2 aromatic carbocycles. The van der Waals surface area contributed by atoms with Gasteiger partial charge in [-0.05, 0) is 62.3 Å². The fourth-order valence-electron chi connectivity index (χ4n) is 5.80. The highest BCUT2D eigenvalue weighted by Crippen LogP contribution is 2.44. The van der Waals surface area contributed by atoms with E-state index in [1.165, 1.54) is 6.07 Å². The van der Waals surface area contributed by atoms with Gasteiger partial charge in [0.1, 0.15) is 12.5 Å². The first kappa shape index (κ1) is 35.8. The number of phenolic OH excluding ortho intramolecular Hbond substituents is 1. The molecular formula is C35H48N4O8. The average molecular weight is 653 g/mol. The molecule has 256 valence electrons. The smallest absolute Gasteiger partial charge is 0.200 e. The Morgan fingerprint density at radius 2 is 1.94 bits per heavy atom. The number of guanidine groups is 1. The molecule has 47 heavy (non-hydrogen) atoms. The molecular weight excluding hydrogens is 604 g/mol. The molecule has 0 radical (unpaired) electrons. The summed E-state index contributed by atoms with van der Waals surface area (Å²) < 4.78 is 17.6. The summed E-state index contributed by atoms with van der Waals surface area (Å²) in [5.41, 5.74) is 9.57. The summed E-state index contributed by atoms with van der Waals surface area (Å²) in [4.78, 5) is 17.2. The molecule has 2 aromatic rings. The molecule has 0 amide bonds. The van der Waals surface area contributed by atoms with Gasteiger partial charge in [-0.25, -0.2) is 0 Å². The van der Waals surface area contributed by atoms with Crippen LogP contribution in [0.15, 0.2) is 23.2 Å². The number of aromatic hydroxyl groups is 1. The number of phenols is 1. The van der Waals surface area contributed by atoms with Crippen molar-refractivity contribution >= 4 is 11.7 Å². The quantitative estimate of drug-likeness (QED) is 0.0860. The van der Waals surface area contributed by atoms with Crippen molar-refractivity contribution in [3.63, 3.8) is 0 Å². The average Bonchev–Trinajstić information content (AvgIpc) is 3.03. The third-order valence-electron chi connectivity index (χ3n) is 8.23. The number of hydrogen-bond donors (Lipinski definition) is 7. The zero-order valence-corrected chi connectivity index (χ0v) is 27.5. The van der Waals surface area contributed by atoms with E-state index < -0.39 is 19.2 Å². The Hall–Kier alpha value is -4.02. The maximum Gasteiger partial charge on any atom is 0.200 e. The number of benzene rings is 2. The van der Waals surface area contributed by atoms with Crippen LogP contribution in [0.4, 0.5) is 0 Å². The molecule has 2 aliphatic rings. The van der Waals surface area contributed by atoms with Crippen LogP contribution >= 0.6 is 0 Å². The van der Waals surface area contributed by atoms with Crippen molar-refractivity contribution < 1.29 is 39.4 Å². The lowest BCUT2D eigenvalue weighted by atomic mass is 9.86. The number of nitrogens with one attached hydrogen (secondary N) is 2. The number of ether oxygens (including phenoxy) is 3. The lowest BCUT2D eigenvalue weighted by Gasteiger charge is -2.33. The predicted octanol–water partition coefficient (Wildman–Crippen LogP) is 1.89. The number of rotatable bonds is 10. The van der Waals surface area contributed by atoms with Gasteiger partial charge in [0, 0.05) is 49.4 Å². The molecule has 1 aliphatic carbocycles. The summed E-state index contributed by atoms with van der Waals surface area (Å²) in [6, 6.07) is 5.12. The van der Waals surface area contributed by atoms with Crippen LogP contribution in [-0.4, -0.2) is 78.2 Å². The van der Waals surface area contributed by atoms with Crippen molar-refractivity contribution in [2.45, 2.75) is 77.6 Å². The zero-order chi connectivity index (χ0) is 33.9. The Labute approximate surface area is 276 Å². The van der Waals surface area contributed by atoms with Crippen LogP contribution in [0.2, 0.25) is 0 Å². The molecule has 8 N–H and O–H groups in total. The molecule has 1 aliphatic heterocycles. The summed E-state index contributed by atoms with van der Waals surface area (Å²) in [6.07, 6.45) is 0.677. The molecule has 3 atom stereocenters. The van der Waals surface area contributed by atoms with Gasteiger partial charge >= 0.3 is 0 Å². The van der Waals surface area contributed by atoms with E-state index in [4.69, 9.17) is 19.9 Å². The maximum atomic E-state index is 12.9. The normalized spacial score (nSPS) is 20.1. The Morgan fingerprint density at radius 1 is 1.13 bits per heavy atom. The highest BCUT2D eigenvalue weighted by atomic mass is 16.6. The zero-order valence-electron chi connectivity index (χ0n) is 27.5. The first-order chi connectivity index (χ1) is 22.6. The number of hydrogen-bond acceptors (Lipinski definition) is 10. The third kappa shape index (κ3) is 9.74. The number of aliphatic imine (C=N–C) groups is 1. The molecule has 0 aromatic heterocycles. The van der Waals surface area contributed by atoms with Gasteiger partial charge in [0.25, 0.3) is 0 Å². The molecule has 0 spiro atoms. The Kier molecular flexibility index (Phi) is 13.1. The van der Waals surface area contributed by atoms with Crippen LogP contribution in [0.5, 0.6) is 23.0 Å². The van der Waals surface area contributed by atoms with Crippen LogP contribution < -0.4 is 30.6 Å². The second-order valence-corrected chi connectivity index (χ2v) is 12.4. The van der Waals surface area contributed by atoms with Gasteiger partial charge < -0.3 is 45.7 Å². The number of aliphatic hydroxyl groups excluding tert-OH is 3. The van der Waals surface area contributed by atoms with E-state index in [1.54, 1.807) is 13.1 Å². The number of nitrogens with zero attached hydrogens (tertiary/aromatic N) is 1. The fourth-order valence-corrected chi connectivity index (χ4v) is 5.80. The van der Waals surface area contributed by atoms with Gasteiger partial charge in [0.2, 0.25) is 6.29 Å². The molecule has 0 saturated carbocycles. The van der Waals surface area contributed by atoms with Crippen molar-refractivity contribution in [2.75, 3.05) is 33.7 Å². The summed E-state index contributed by atoms with van der Waals surface area (Å²) in [5, 5.41) is 48.0. The van der Waals surface area contributed by atoms with Crippen LogP contribution in [0.1, 0.15) is 67.3 Å². The van der Waals surface area contributed by atoms with Crippen molar-refractivity contribution in [2.24, 2.45) is 22.6 Å². The van der Waals surface area contributed by atoms with E-state index in [2.05, 4.69) is 41.3 Å². The highest BCUT2D eigenvalue weighted by molar-refractivity contribution is 5.79. The monoisotopic (exact) mass is 652 g/mol.